The predicted octanol–water partition coefficient (Wildman–Crippen LogP) is 2.17. The van der Waals surface area contributed by atoms with Crippen LogP contribution >= 0.6 is 11.8 Å². The molecule has 0 aliphatic carbocycles. The Morgan fingerprint density at radius 2 is 2.11 bits per heavy atom. The molecule has 0 saturated heterocycles. The van der Waals surface area contributed by atoms with Gasteiger partial charge in [-0.15, -0.1) is 9.89 Å². The maximum absolute atomic E-state index is 4.66. The van der Waals surface area contributed by atoms with Crippen LogP contribution in [0.15, 0.2) is 51.7 Å². The van der Waals surface area contributed by atoms with Gasteiger partial charge in [-0.05, 0) is 29.1 Å². The van der Waals surface area contributed by atoms with E-state index in [1.54, 1.807) is 12.4 Å². The minimum absolute atomic E-state index is 0.868. The van der Waals surface area contributed by atoms with E-state index in [2.05, 4.69) is 26.5 Å². The summed E-state index contributed by atoms with van der Waals surface area (Å²) in [4.78, 5) is 6.17. The number of hydrogen-bond acceptors (Lipinski definition) is 5. The first kappa shape index (κ1) is 9.78. The first-order chi connectivity index (χ1) is 8.90. The molecule has 18 heavy (non-hydrogen) atoms. The number of benzene rings is 1. The van der Waals surface area contributed by atoms with Crippen LogP contribution < -0.4 is 0 Å². The normalized spacial score (nSPS) is 13.1. The summed E-state index contributed by atoms with van der Waals surface area (Å²) in [7, 11) is 0. The predicted molar refractivity (Wildman–Crippen MR) is 68.9 cm³/mol. The third-order valence-corrected chi connectivity index (χ3v) is 3.72. The monoisotopic (exact) mass is 253 g/mol. The van der Waals surface area contributed by atoms with Crippen molar-refractivity contribution >= 4 is 28.9 Å². The summed E-state index contributed by atoms with van der Waals surface area (Å²) in [6.07, 6.45) is 3.46. The van der Waals surface area contributed by atoms with E-state index >= 15 is 0 Å². The summed E-state index contributed by atoms with van der Waals surface area (Å²) in [6.45, 7) is 0. The average Bonchev–Trinajstić information content (AvgIpc) is 2.77. The summed E-state index contributed by atoms with van der Waals surface area (Å²) >= 11 is 1.53. The maximum atomic E-state index is 4.66. The van der Waals surface area contributed by atoms with E-state index in [9.17, 15) is 0 Å². The molecule has 5 nitrogen and oxygen atoms in total. The Kier molecular flexibility index (Phi) is 1.98. The molecule has 86 valence electrons. The van der Waals surface area contributed by atoms with Gasteiger partial charge in [0.05, 0.1) is 17.9 Å². The van der Waals surface area contributed by atoms with Gasteiger partial charge in [0, 0.05) is 10.9 Å². The molecule has 1 aliphatic rings. The molecule has 2 aromatic heterocycles. The van der Waals surface area contributed by atoms with Crippen molar-refractivity contribution in [1.29, 1.82) is 0 Å². The zero-order valence-electron chi connectivity index (χ0n) is 9.19. The highest BCUT2D eigenvalue weighted by Crippen LogP contribution is 2.31. The number of fused-ring (bicyclic) bond motifs is 3. The Labute approximate surface area is 107 Å². The summed E-state index contributed by atoms with van der Waals surface area (Å²) in [5.74, 6) is 0. The standard InChI is InChI=1S/C12H7N5S/c1-2-4-10-8(3-1)5-9-6-14-17-11(7-13-16-17)18-12(9)15-10/h1-7H. The lowest BCUT2D eigenvalue weighted by Gasteiger charge is -2.03. The molecule has 0 radical (unpaired) electrons. The van der Waals surface area contributed by atoms with Crippen LogP contribution in [0.5, 0.6) is 0 Å². The van der Waals surface area contributed by atoms with Crippen LogP contribution in [0.1, 0.15) is 5.56 Å². The Balaban J connectivity index is 1.98. The van der Waals surface area contributed by atoms with Crippen molar-refractivity contribution in [1.82, 2.24) is 20.1 Å². The lowest BCUT2D eigenvalue weighted by Crippen LogP contribution is -1.92. The second kappa shape index (κ2) is 3.64. The van der Waals surface area contributed by atoms with E-state index in [-0.39, 0.29) is 0 Å². The van der Waals surface area contributed by atoms with Crippen LogP contribution in [0, 0.1) is 0 Å². The quantitative estimate of drug-likeness (QED) is 0.482. The minimum Gasteiger partial charge on any atom is -0.240 e. The van der Waals surface area contributed by atoms with Gasteiger partial charge in [-0.25, -0.2) is 4.98 Å². The SMILES string of the molecule is C1=Nn2nncc2Sc2nc3ccccc3cc21. The Bertz CT molecular complexity index is 777. The molecule has 0 unspecified atom stereocenters. The number of hydrogen-bond donors (Lipinski definition) is 0. The second-order valence-corrected chi connectivity index (χ2v) is 4.89. The van der Waals surface area contributed by atoms with Gasteiger partial charge in [0.2, 0.25) is 0 Å². The van der Waals surface area contributed by atoms with Crippen molar-refractivity contribution in [2.24, 2.45) is 5.10 Å². The molecule has 0 spiro atoms. The second-order valence-electron chi connectivity index (χ2n) is 3.88. The molecule has 6 heteroatoms. The van der Waals surface area contributed by atoms with Crippen LogP contribution in [0.2, 0.25) is 0 Å². The lowest BCUT2D eigenvalue weighted by molar-refractivity contribution is 0.649. The third-order valence-electron chi connectivity index (χ3n) is 2.73. The number of pyridine rings is 1. The summed E-state index contributed by atoms with van der Waals surface area (Å²) < 4.78 is 0. The van der Waals surface area contributed by atoms with E-state index < -0.39 is 0 Å². The van der Waals surface area contributed by atoms with Crippen molar-refractivity contribution in [2.75, 3.05) is 0 Å². The molecule has 0 saturated carbocycles. The zero-order chi connectivity index (χ0) is 11.9. The van der Waals surface area contributed by atoms with Gasteiger partial charge in [0.1, 0.15) is 10.1 Å². The number of nitrogens with zero attached hydrogens (tertiary/aromatic N) is 5. The van der Waals surface area contributed by atoms with Crippen molar-refractivity contribution in [3.63, 3.8) is 0 Å². The molecular formula is C12H7N5S. The fourth-order valence-corrected chi connectivity index (χ4v) is 2.71. The molecule has 3 aromatic rings. The highest BCUT2D eigenvalue weighted by atomic mass is 32.2. The highest BCUT2D eigenvalue weighted by molar-refractivity contribution is 7.99. The van der Waals surface area contributed by atoms with Crippen LogP contribution in [0.4, 0.5) is 0 Å². The maximum Gasteiger partial charge on any atom is 0.147 e. The first-order valence-electron chi connectivity index (χ1n) is 5.43. The van der Waals surface area contributed by atoms with Gasteiger partial charge in [0.25, 0.3) is 0 Å². The Hall–Kier alpha value is -2.21. The van der Waals surface area contributed by atoms with Gasteiger partial charge >= 0.3 is 0 Å². The van der Waals surface area contributed by atoms with Crippen LogP contribution in [0.25, 0.3) is 10.9 Å². The molecule has 0 bridgehead atoms. The molecule has 0 N–H and O–H groups in total. The van der Waals surface area contributed by atoms with Gasteiger partial charge in [-0.2, -0.15) is 5.10 Å². The van der Waals surface area contributed by atoms with Crippen molar-refractivity contribution < 1.29 is 0 Å². The summed E-state index contributed by atoms with van der Waals surface area (Å²) in [5, 5.41) is 14.9. The van der Waals surface area contributed by atoms with Gasteiger partial charge in [0.15, 0.2) is 0 Å². The molecule has 1 aliphatic heterocycles. The molecule has 0 amide bonds. The zero-order valence-corrected chi connectivity index (χ0v) is 10.0. The highest BCUT2D eigenvalue weighted by Gasteiger charge is 2.14. The molecule has 0 atom stereocenters. The Morgan fingerprint density at radius 3 is 3.11 bits per heavy atom. The van der Waals surface area contributed by atoms with E-state index in [1.807, 2.05) is 24.3 Å². The molecule has 3 heterocycles. The van der Waals surface area contributed by atoms with Crippen molar-refractivity contribution in [2.45, 2.75) is 10.1 Å². The first-order valence-corrected chi connectivity index (χ1v) is 6.24. The van der Waals surface area contributed by atoms with E-state index in [0.29, 0.717) is 0 Å². The summed E-state index contributed by atoms with van der Waals surface area (Å²) in [6, 6.07) is 10.1. The lowest BCUT2D eigenvalue weighted by atomic mass is 10.2. The number of rotatable bonds is 0. The summed E-state index contributed by atoms with van der Waals surface area (Å²) in [5.41, 5.74) is 1.99. The van der Waals surface area contributed by atoms with Crippen molar-refractivity contribution in [3.05, 3.63) is 42.1 Å². The fourth-order valence-electron chi connectivity index (χ4n) is 1.87. The van der Waals surface area contributed by atoms with Crippen LogP contribution in [0.3, 0.4) is 0 Å². The van der Waals surface area contributed by atoms with Gasteiger partial charge in [-0.3, -0.25) is 0 Å². The largest absolute Gasteiger partial charge is 0.240 e. The molecule has 4 rings (SSSR count). The van der Waals surface area contributed by atoms with E-state index in [4.69, 9.17) is 0 Å². The van der Waals surface area contributed by atoms with Crippen LogP contribution in [-0.2, 0) is 0 Å². The molecular weight excluding hydrogens is 246 g/mol. The number of para-hydroxylation sites is 1. The smallest absolute Gasteiger partial charge is 0.147 e. The van der Waals surface area contributed by atoms with Crippen molar-refractivity contribution in [3.8, 4) is 0 Å². The Morgan fingerprint density at radius 1 is 1.17 bits per heavy atom. The van der Waals surface area contributed by atoms with Gasteiger partial charge < -0.3 is 0 Å². The molecule has 0 fully saturated rings. The fraction of sp³-hybridized carbons (Fsp3) is 0. The average molecular weight is 253 g/mol. The number of aromatic nitrogens is 4. The molecule has 1 aromatic carbocycles. The van der Waals surface area contributed by atoms with Crippen LogP contribution in [-0.4, -0.2) is 26.3 Å². The topological polar surface area (TPSA) is 56.0 Å². The van der Waals surface area contributed by atoms with Gasteiger partial charge in [-0.1, -0.05) is 18.2 Å². The van der Waals surface area contributed by atoms with E-state index in [1.165, 1.54) is 16.6 Å². The third kappa shape index (κ3) is 1.42. The van der Waals surface area contributed by atoms with E-state index in [0.717, 1.165) is 26.5 Å². The minimum atomic E-state index is 0.868.